The van der Waals surface area contributed by atoms with E-state index in [2.05, 4.69) is 15.3 Å². The average molecular weight is 430 g/mol. The third-order valence-corrected chi connectivity index (χ3v) is 4.36. The molecule has 1 aromatic heterocycles. The second-order valence-corrected chi connectivity index (χ2v) is 6.42. The molecular weight excluding hydrogens is 417 g/mol. The van der Waals surface area contributed by atoms with Crippen LogP contribution in [0.3, 0.4) is 0 Å². The number of anilines is 1. The number of halogens is 6. The molecule has 0 saturated heterocycles. The SMILES string of the molecule is OC(CNc1cc(-c2ccc(C(F)(F)F)c(Cl)c2)ncn1)c1c(F)cccc1F. The summed E-state index contributed by atoms with van der Waals surface area (Å²) in [7, 11) is 0. The summed E-state index contributed by atoms with van der Waals surface area (Å²) >= 11 is 5.72. The van der Waals surface area contributed by atoms with Crippen molar-refractivity contribution in [2.75, 3.05) is 11.9 Å². The summed E-state index contributed by atoms with van der Waals surface area (Å²) in [6.07, 6.45) is -4.92. The van der Waals surface area contributed by atoms with Gasteiger partial charge < -0.3 is 10.4 Å². The van der Waals surface area contributed by atoms with E-state index in [9.17, 15) is 27.1 Å². The fourth-order valence-corrected chi connectivity index (χ4v) is 2.94. The van der Waals surface area contributed by atoms with Gasteiger partial charge in [0.15, 0.2) is 0 Å². The van der Waals surface area contributed by atoms with Gasteiger partial charge in [-0.2, -0.15) is 13.2 Å². The molecule has 2 N–H and O–H groups in total. The van der Waals surface area contributed by atoms with E-state index in [4.69, 9.17) is 11.6 Å². The van der Waals surface area contributed by atoms with Gasteiger partial charge in [-0.15, -0.1) is 0 Å². The van der Waals surface area contributed by atoms with E-state index in [1.165, 1.54) is 18.2 Å². The Hall–Kier alpha value is -2.78. The molecule has 0 radical (unpaired) electrons. The molecule has 0 bridgehead atoms. The highest BCUT2D eigenvalue weighted by Crippen LogP contribution is 2.36. The Bertz CT molecular complexity index is 1010. The van der Waals surface area contributed by atoms with Crippen LogP contribution in [0.4, 0.5) is 27.8 Å². The fraction of sp³-hybridized carbons (Fsp3) is 0.158. The predicted octanol–water partition coefficient (Wildman–Crippen LogP) is 5.24. The van der Waals surface area contributed by atoms with Gasteiger partial charge >= 0.3 is 6.18 Å². The van der Waals surface area contributed by atoms with Crippen molar-refractivity contribution in [3.63, 3.8) is 0 Å². The lowest BCUT2D eigenvalue weighted by Crippen LogP contribution is -2.15. The molecule has 1 heterocycles. The van der Waals surface area contributed by atoms with Crippen molar-refractivity contribution >= 4 is 17.4 Å². The summed E-state index contributed by atoms with van der Waals surface area (Å²) in [5, 5.41) is 12.3. The molecule has 29 heavy (non-hydrogen) atoms. The first-order chi connectivity index (χ1) is 13.7. The van der Waals surface area contributed by atoms with Gasteiger partial charge in [-0.25, -0.2) is 18.7 Å². The maximum Gasteiger partial charge on any atom is 0.417 e. The monoisotopic (exact) mass is 429 g/mol. The molecular formula is C19H13ClF5N3O. The van der Waals surface area contributed by atoms with E-state index < -0.39 is 40.1 Å². The van der Waals surface area contributed by atoms with Crippen molar-refractivity contribution in [1.82, 2.24) is 9.97 Å². The molecule has 0 aliphatic heterocycles. The van der Waals surface area contributed by atoms with Crippen LogP contribution in [0.2, 0.25) is 5.02 Å². The first-order valence-corrected chi connectivity index (χ1v) is 8.59. The highest BCUT2D eigenvalue weighted by Gasteiger charge is 2.33. The maximum absolute atomic E-state index is 13.7. The summed E-state index contributed by atoms with van der Waals surface area (Å²) in [4.78, 5) is 7.90. The van der Waals surface area contributed by atoms with Crippen LogP contribution in [0.1, 0.15) is 17.2 Å². The lowest BCUT2D eigenvalue weighted by Gasteiger charge is -2.14. The van der Waals surface area contributed by atoms with Gasteiger partial charge in [0.1, 0.15) is 29.9 Å². The van der Waals surface area contributed by atoms with E-state index >= 15 is 0 Å². The highest BCUT2D eigenvalue weighted by molar-refractivity contribution is 6.31. The number of hydrogen-bond donors (Lipinski definition) is 2. The van der Waals surface area contributed by atoms with Crippen LogP contribution < -0.4 is 5.32 Å². The molecule has 1 unspecified atom stereocenters. The molecule has 152 valence electrons. The summed E-state index contributed by atoms with van der Waals surface area (Å²) in [5.74, 6) is -1.58. The smallest absolute Gasteiger partial charge is 0.386 e. The van der Waals surface area contributed by atoms with Gasteiger partial charge in [0.05, 0.1) is 21.8 Å². The van der Waals surface area contributed by atoms with Gasteiger partial charge in [-0.05, 0) is 24.3 Å². The molecule has 0 aliphatic rings. The third-order valence-electron chi connectivity index (χ3n) is 4.05. The standard InChI is InChI=1S/C19H13ClF5N3O/c20-12-6-10(4-5-11(12)19(23,24)25)15-7-17(28-9-27-15)26-8-16(29)18-13(21)2-1-3-14(18)22/h1-7,9,16,29H,8H2,(H,26,27,28). The van der Waals surface area contributed by atoms with Crippen LogP contribution in [0.25, 0.3) is 11.3 Å². The molecule has 0 aliphatic carbocycles. The minimum absolute atomic E-state index is 0.196. The number of aliphatic hydroxyl groups excluding tert-OH is 1. The quantitative estimate of drug-likeness (QED) is 0.545. The zero-order chi connectivity index (χ0) is 21.2. The number of aromatic nitrogens is 2. The Labute approximate surface area is 167 Å². The van der Waals surface area contributed by atoms with Crippen molar-refractivity contribution in [1.29, 1.82) is 0 Å². The number of nitrogens with one attached hydrogen (secondary N) is 1. The normalized spacial score (nSPS) is 12.7. The number of benzene rings is 2. The van der Waals surface area contributed by atoms with Gasteiger partial charge in [-0.1, -0.05) is 23.7 Å². The van der Waals surface area contributed by atoms with Gasteiger partial charge in [0.25, 0.3) is 0 Å². The Morgan fingerprint density at radius 3 is 2.34 bits per heavy atom. The molecule has 0 amide bonds. The Morgan fingerprint density at radius 1 is 1.03 bits per heavy atom. The highest BCUT2D eigenvalue weighted by atomic mass is 35.5. The number of alkyl halides is 3. The molecule has 3 rings (SSSR count). The maximum atomic E-state index is 13.7. The molecule has 0 fully saturated rings. The van der Waals surface area contributed by atoms with Gasteiger partial charge in [0, 0.05) is 18.2 Å². The third kappa shape index (κ3) is 4.80. The molecule has 1 atom stereocenters. The van der Waals surface area contributed by atoms with E-state index in [0.717, 1.165) is 30.6 Å². The fourth-order valence-electron chi connectivity index (χ4n) is 2.65. The van der Waals surface area contributed by atoms with Crippen LogP contribution in [-0.4, -0.2) is 21.6 Å². The Kier molecular flexibility index (Phi) is 5.99. The molecule has 10 heteroatoms. The van der Waals surface area contributed by atoms with Crippen LogP contribution in [-0.2, 0) is 6.18 Å². The summed E-state index contributed by atoms with van der Waals surface area (Å²) in [5.41, 5.74) is -0.868. The van der Waals surface area contributed by atoms with Gasteiger partial charge in [-0.3, -0.25) is 0 Å². The van der Waals surface area contributed by atoms with Crippen LogP contribution in [0, 0.1) is 11.6 Å². The molecule has 3 aromatic rings. The number of aliphatic hydroxyl groups is 1. The number of hydrogen-bond acceptors (Lipinski definition) is 4. The second-order valence-electron chi connectivity index (χ2n) is 6.01. The lowest BCUT2D eigenvalue weighted by atomic mass is 10.1. The Morgan fingerprint density at radius 2 is 1.72 bits per heavy atom. The average Bonchev–Trinajstić information content (AvgIpc) is 2.65. The number of rotatable bonds is 5. The van der Waals surface area contributed by atoms with Crippen LogP contribution >= 0.6 is 11.6 Å². The van der Waals surface area contributed by atoms with E-state index in [1.807, 2.05) is 0 Å². The second kappa shape index (κ2) is 8.30. The van der Waals surface area contributed by atoms with Gasteiger partial charge in [0.2, 0.25) is 0 Å². The predicted molar refractivity (Wildman–Crippen MR) is 97.3 cm³/mol. The first kappa shape index (κ1) is 20.9. The molecule has 0 spiro atoms. The van der Waals surface area contributed by atoms with Crippen LogP contribution in [0.15, 0.2) is 48.8 Å². The van der Waals surface area contributed by atoms with Crippen molar-refractivity contribution in [2.24, 2.45) is 0 Å². The zero-order valence-corrected chi connectivity index (χ0v) is 15.3. The summed E-state index contributed by atoms with van der Waals surface area (Å²) < 4.78 is 65.9. The summed E-state index contributed by atoms with van der Waals surface area (Å²) in [6, 6.07) is 7.82. The van der Waals surface area contributed by atoms with Crippen molar-refractivity contribution in [2.45, 2.75) is 12.3 Å². The summed E-state index contributed by atoms with van der Waals surface area (Å²) in [6.45, 7) is -0.262. The topological polar surface area (TPSA) is 58.0 Å². The lowest BCUT2D eigenvalue weighted by molar-refractivity contribution is -0.137. The minimum Gasteiger partial charge on any atom is -0.386 e. The van der Waals surface area contributed by atoms with E-state index in [0.29, 0.717) is 5.56 Å². The minimum atomic E-state index is -4.58. The van der Waals surface area contributed by atoms with Crippen molar-refractivity contribution in [3.8, 4) is 11.3 Å². The van der Waals surface area contributed by atoms with E-state index in [-0.39, 0.29) is 18.1 Å². The first-order valence-electron chi connectivity index (χ1n) is 8.22. The number of nitrogens with zero attached hydrogens (tertiary/aromatic N) is 2. The van der Waals surface area contributed by atoms with Crippen molar-refractivity contribution in [3.05, 3.63) is 76.6 Å². The van der Waals surface area contributed by atoms with Crippen LogP contribution in [0.5, 0.6) is 0 Å². The zero-order valence-electron chi connectivity index (χ0n) is 14.5. The molecule has 4 nitrogen and oxygen atoms in total. The van der Waals surface area contributed by atoms with Crippen molar-refractivity contribution < 1.29 is 27.1 Å². The molecule has 0 saturated carbocycles. The molecule has 2 aromatic carbocycles. The van der Waals surface area contributed by atoms with E-state index in [1.54, 1.807) is 0 Å². The Balaban J connectivity index is 1.77. The largest absolute Gasteiger partial charge is 0.417 e.